The lowest BCUT2D eigenvalue weighted by Gasteiger charge is -2.32. The van der Waals surface area contributed by atoms with Crippen LogP contribution in [0.2, 0.25) is 0 Å². The molecule has 2 rings (SSSR count). The molecule has 0 aliphatic carbocycles. The van der Waals surface area contributed by atoms with E-state index in [1.807, 2.05) is 6.92 Å². The first kappa shape index (κ1) is 14.0. The van der Waals surface area contributed by atoms with Gasteiger partial charge < -0.3 is 14.1 Å². The Hall–Kier alpha value is -1.38. The third kappa shape index (κ3) is 2.80. The van der Waals surface area contributed by atoms with Crippen molar-refractivity contribution in [1.29, 1.82) is 0 Å². The van der Waals surface area contributed by atoms with Gasteiger partial charge in [-0.3, -0.25) is 4.79 Å². The first-order chi connectivity index (χ1) is 8.95. The van der Waals surface area contributed by atoms with Crippen molar-refractivity contribution in [2.45, 2.75) is 18.1 Å². The lowest BCUT2D eigenvalue weighted by atomic mass is 10.2. The van der Waals surface area contributed by atoms with E-state index in [-0.39, 0.29) is 22.8 Å². The summed E-state index contributed by atoms with van der Waals surface area (Å²) in [5.41, 5.74) is 0. The van der Waals surface area contributed by atoms with Gasteiger partial charge in [-0.25, -0.2) is 13.1 Å². The molecule has 1 aromatic rings. The largest absolute Gasteiger partial charge is 0.438 e. The van der Waals surface area contributed by atoms with Crippen molar-refractivity contribution in [1.82, 2.24) is 9.62 Å². The molecular weight excluding hydrogens is 272 g/mol. The quantitative estimate of drug-likeness (QED) is 0.849. The van der Waals surface area contributed by atoms with Crippen LogP contribution in [0.1, 0.15) is 17.5 Å². The summed E-state index contributed by atoms with van der Waals surface area (Å²) in [5.74, 6) is -0.309. The first-order valence-corrected chi connectivity index (χ1v) is 7.36. The van der Waals surface area contributed by atoms with Gasteiger partial charge in [-0.1, -0.05) is 0 Å². The molecule has 8 heteroatoms. The minimum Gasteiger partial charge on any atom is -0.438 e. The molecule has 1 saturated heterocycles. The van der Waals surface area contributed by atoms with E-state index in [1.165, 1.54) is 19.2 Å². The summed E-state index contributed by atoms with van der Waals surface area (Å²) in [6, 6.07) is 2.58. The Kier molecular flexibility index (Phi) is 3.93. The van der Waals surface area contributed by atoms with Crippen molar-refractivity contribution < 1.29 is 22.4 Å². The van der Waals surface area contributed by atoms with Gasteiger partial charge in [0.05, 0.1) is 19.3 Å². The van der Waals surface area contributed by atoms with Crippen molar-refractivity contribution in [2.75, 3.05) is 26.8 Å². The fourth-order valence-corrected chi connectivity index (χ4v) is 2.50. The number of nitrogens with zero attached hydrogens (tertiary/aromatic N) is 1. The number of hydrogen-bond acceptors (Lipinski definition) is 5. The highest BCUT2D eigenvalue weighted by atomic mass is 32.2. The molecular formula is C11H16N2O5S. The SMILES string of the molecule is CNS(=O)(=O)c1ccc(C(=O)N2CCOC[C@@H]2C)o1. The molecule has 2 heterocycles. The molecule has 1 N–H and O–H groups in total. The van der Waals surface area contributed by atoms with E-state index in [0.717, 1.165) is 0 Å². The molecule has 1 aliphatic rings. The lowest BCUT2D eigenvalue weighted by Crippen LogP contribution is -2.47. The minimum atomic E-state index is -3.67. The Morgan fingerprint density at radius 1 is 1.47 bits per heavy atom. The number of morpholine rings is 1. The number of furan rings is 1. The monoisotopic (exact) mass is 288 g/mol. The number of carbonyl (C=O) groups excluding carboxylic acids is 1. The molecule has 0 radical (unpaired) electrons. The van der Waals surface area contributed by atoms with Crippen LogP contribution >= 0.6 is 0 Å². The van der Waals surface area contributed by atoms with Crippen LogP contribution < -0.4 is 4.72 Å². The van der Waals surface area contributed by atoms with E-state index in [0.29, 0.717) is 19.8 Å². The molecule has 1 atom stereocenters. The van der Waals surface area contributed by atoms with Crippen molar-refractivity contribution in [2.24, 2.45) is 0 Å². The molecule has 106 valence electrons. The number of rotatable bonds is 3. The first-order valence-electron chi connectivity index (χ1n) is 5.88. The van der Waals surface area contributed by atoms with Gasteiger partial charge >= 0.3 is 0 Å². The Morgan fingerprint density at radius 2 is 2.21 bits per heavy atom. The van der Waals surface area contributed by atoms with Crippen LogP contribution in [0.3, 0.4) is 0 Å². The number of sulfonamides is 1. The number of nitrogens with one attached hydrogen (secondary N) is 1. The van der Waals surface area contributed by atoms with Crippen molar-refractivity contribution in [3.05, 3.63) is 17.9 Å². The van der Waals surface area contributed by atoms with Gasteiger partial charge in [0.15, 0.2) is 5.76 Å². The Morgan fingerprint density at radius 3 is 2.84 bits per heavy atom. The molecule has 7 nitrogen and oxygen atoms in total. The Labute approximate surface area is 111 Å². The molecule has 0 bridgehead atoms. The third-order valence-electron chi connectivity index (χ3n) is 2.95. The second-order valence-electron chi connectivity index (χ2n) is 4.25. The molecule has 0 unspecified atom stereocenters. The minimum absolute atomic E-state index is 0.0163. The van der Waals surface area contributed by atoms with Crippen LogP contribution in [0, 0.1) is 0 Å². The number of ether oxygens (including phenoxy) is 1. The highest BCUT2D eigenvalue weighted by Crippen LogP contribution is 2.17. The molecule has 0 spiro atoms. The zero-order valence-corrected chi connectivity index (χ0v) is 11.6. The topological polar surface area (TPSA) is 88.9 Å². The molecule has 0 aromatic carbocycles. The summed E-state index contributed by atoms with van der Waals surface area (Å²) in [6.45, 7) is 3.27. The predicted molar refractivity (Wildman–Crippen MR) is 66.3 cm³/mol. The summed E-state index contributed by atoms with van der Waals surface area (Å²) in [5, 5.41) is -0.265. The van der Waals surface area contributed by atoms with E-state index in [2.05, 4.69) is 4.72 Å². The second kappa shape index (κ2) is 5.32. The van der Waals surface area contributed by atoms with Crippen LogP contribution in [-0.4, -0.2) is 52.1 Å². The standard InChI is InChI=1S/C11H16N2O5S/c1-8-7-17-6-5-13(8)11(14)9-3-4-10(18-9)19(15,16)12-2/h3-4,8,12H,5-7H2,1-2H3/t8-/m0/s1. The lowest BCUT2D eigenvalue weighted by molar-refractivity contribution is 0.00172. The maximum absolute atomic E-state index is 12.2. The Balaban J connectivity index is 2.21. The predicted octanol–water partition coefficient (Wildman–Crippen LogP) is 0.0486. The third-order valence-corrected chi connectivity index (χ3v) is 4.24. The van der Waals surface area contributed by atoms with Gasteiger partial charge in [0.1, 0.15) is 0 Å². The van der Waals surface area contributed by atoms with E-state index < -0.39 is 10.0 Å². The van der Waals surface area contributed by atoms with E-state index in [1.54, 1.807) is 4.90 Å². The summed E-state index contributed by atoms with van der Waals surface area (Å²) in [6.07, 6.45) is 0. The number of hydrogen-bond donors (Lipinski definition) is 1. The van der Waals surface area contributed by atoms with Crippen molar-refractivity contribution in [3.8, 4) is 0 Å². The van der Waals surface area contributed by atoms with Gasteiger partial charge in [-0.15, -0.1) is 0 Å². The Bertz CT molecular complexity index is 565. The summed E-state index contributed by atoms with van der Waals surface area (Å²) in [4.78, 5) is 13.8. The average Bonchev–Trinajstić information content (AvgIpc) is 2.89. The van der Waals surface area contributed by atoms with Crippen molar-refractivity contribution >= 4 is 15.9 Å². The highest BCUT2D eigenvalue weighted by molar-refractivity contribution is 7.89. The fourth-order valence-electron chi connectivity index (χ4n) is 1.85. The normalized spacial score (nSPS) is 20.5. The zero-order chi connectivity index (χ0) is 14.0. The smallest absolute Gasteiger partial charge is 0.290 e. The summed E-state index contributed by atoms with van der Waals surface area (Å²) in [7, 11) is -2.39. The van der Waals surface area contributed by atoms with E-state index in [4.69, 9.17) is 9.15 Å². The molecule has 0 saturated carbocycles. The molecule has 1 fully saturated rings. The summed E-state index contributed by atoms with van der Waals surface area (Å²) >= 11 is 0. The van der Waals surface area contributed by atoms with Gasteiger partial charge in [0, 0.05) is 6.54 Å². The van der Waals surface area contributed by atoms with Crippen LogP contribution in [-0.2, 0) is 14.8 Å². The van der Waals surface area contributed by atoms with Crippen LogP contribution in [0.25, 0.3) is 0 Å². The van der Waals surface area contributed by atoms with Gasteiger partial charge in [0.2, 0.25) is 5.09 Å². The fraction of sp³-hybridized carbons (Fsp3) is 0.545. The summed E-state index contributed by atoms with van der Waals surface area (Å²) < 4.78 is 35.6. The van der Waals surface area contributed by atoms with E-state index >= 15 is 0 Å². The molecule has 1 aromatic heterocycles. The maximum Gasteiger partial charge on any atom is 0.290 e. The molecule has 19 heavy (non-hydrogen) atoms. The average molecular weight is 288 g/mol. The second-order valence-corrected chi connectivity index (χ2v) is 6.07. The van der Waals surface area contributed by atoms with Crippen LogP contribution in [0.15, 0.2) is 21.6 Å². The van der Waals surface area contributed by atoms with Gasteiger partial charge in [-0.05, 0) is 26.1 Å². The van der Waals surface area contributed by atoms with Crippen molar-refractivity contribution in [3.63, 3.8) is 0 Å². The highest BCUT2D eigenvalue weighted by Gasteiger charge is 2.28. The van der Waals surface area contributed by atoms with Gasteiger partial charge in [-0.2, -0.15) is 0 Å². The van der Waals surface area contributed by atoms with Crippen LogP contribution in [0.5, 0.6) is 0 Å². The van der Waals surface area contributed by atoms with Gasteiger partial charge in [0.25, 0.3) is 15.9 Å². The maximum atomic E-state index is 12.2. The zero-order valence-electron chi connectivity index (χ0n) is 10.8. The number of amides is 1. The van der Waals surface area contributed by atoms with E-state index in [9.17, 15) is 13.2 Å². The van der Waals surface area contributed by atoms with Crippen LogP contribution in [0.4, 0.5) is 0 Å². The number of carbonyl (C=O) groups is 1. The molecule has 1 amide bonds. The molecule has 1 aliphatic heterocycles.